The molecule has 0 aliphatic heterocycles. The lowest BCUT2D eigenvalue weighted by Crippen LogP contribution is -2.30. The number of unbranched alkanes of at least 4 members (excludes halogenated alkanes) is 26. The van der Waals surface area contributed by atoms with Crippen LogP contribution in [0.25, 0.3) is 0 Å². The van der Waals surface area contributed by atoms with Crippen LogP contribution in [0.15, 0.2) is 146 Å². The Labute approximate surface area is 512 Å². The van der Waals surface area contributed by atoms with Crippen LogP contribution in [0.1, 0.15) is 303 Å². The minimum atomic E-state index is -0.804. The fourth-order valence-corrected chi connectivity index (χ4v) is 9.23. The standard InChI is InChI=1S/C77H126O6/c1-4-7-10-13-16-19-22-25-28-31-33-35-37-38-40-41-43-46-49-52-55-58-61-64-67-70-76(79)82-73-74(72-81-75(78)69-66-63-60-57-54-51-48-45-30-27-24-21-18-15-12-9-6-3)83-77(80)71-68-65-62-59-56-53-50-47-44-42-39-36-34-32-29-26-23-20-17-14-11-8-5-2/h7,9-10,12,16,18-19,21,23,25-28,30,32-35,38-40,42,48,51,74H,4-6,8,11,13-15,17,20,22,24,29,31,36-37,41,43-47,49-50,52-73H2,1-3H3/b10-7-,12-9-,19-16-,21-18-,26-23-,28-25-,30-27-,34-32-,35-33-,40-38-,42-39-,51-48-. The lowest BCUT2D eigenvalue weighted by Gasteiger charge is -2.18. The van der Waals surface area contributed by atoms with Crippen molar-refractivity contribution in [2.75, 3.05) is 13.2 Å². The number of hydrogen-bond donors (Lipinski definition) is 0. The van der Waals surface area contributed by atoms with Crippen molar-refractivity contribution in [1.82, 2.24) is 0 Å². The van der Waals surface area contributed by atoms with Gasteiger partial charge in [-0.1, -0.05) is 289 Å². The highest BCUT2D eigenvalue weighted by Crippen LogP contribution is 2.15. The summed E-state index contributed by atoms with van der Waals surface area (Å²) >= 11 is 0. The Morgan fingerprint density at radius 2 is 0.470 bits per heavy atom. The van der Waals surface area contributed by atoms with E-state index in [1.165, 1.54) is 109 Å². The zero-order valence-corrected chi connectivity index (χ0v) is 53.9. The number of carbonyl (C=O) groups is 3. The zero-order chi connectivity index (χ0) is 59.9. The van der Waals surface area contributed by atoms with Gasteiger partial charge >= 0.3 is 17.9 Å². The maximum atomic E-state index is 13.0. The van der Waals surface area contributed by atoms with Crippen LogP contribution in [0.4, 0.5) is 0 Å². The van der Waals surface area contributed by atoms with Gasteiger partial charge < -0.3 is 14.2 Å². The predicted octanol–water partition coefficient (Wildman–Crippen LogP) is 23.9. The molecule has 0 aromatic rings. The highest BCUT2D eigenvalue weighted by atomic mass is 16.6. The number of hydrogen-bond acceptors (Lipinski definition) is 6. The molecule has 0 amide bonds. The third-order valence-electron chi connectivity index (χ3n) is 14.3. The molecular formula is C77H126O6. The summed E-state index contributed by atoms with van der Waals surface area (Å²) in [5, 5.41) is 0. The SMILES string of the molecule is CC/C=C\C/C=C\C/C=C\C/C=C\C/C=C\CCCCCCCCCCCC(=O)OCC(COC(=O)CCCCCC/C=C\C/C=C\C/C=C\C/C=C\CC)OC(=O)CCCCCCCCCC/C=C\C/C=C\C/C=C\CCCCCCC. The summed E-state index contributed by atoms with van der Waals surface area (Å²) in [6.45, 7) is 6.39. The molecule has 0 saturated heterocycles. The highest BCUT2D eigenvalue weighted by Gasteiger charge is 2.19. The third kappa shape index (κ3) is 68.0. The van der Waals surface area contributed by atoms with Gasteiger partial charge in [-0.05, 0) is 141 Å². The Balaban J connectivity index is 4.45. The quantitative estimate of drug-likeness (QED) is 0.0261. The second-order valence-electron chi connectivity index (χ2n) is 22.3. The molecule has 0 rings (SSSR count). The summed E-state index contributed by atoms with van der Waals surface area (Å²) in [4.78, 5) is 38.5. The summed E-state index contributed by atoms with van der Waals surface area (Å²) in [5.74, 6) is -0.930. The maximum absolute atomic E-state index is 13.0. The van der Waals surface area contributed by atoms with Gasteiger partial charge in [0.05, 0.1) is 0 Å². The van der Waals surface area contributed by atoms with Gasteiger partial charge in [0.1, 0.15) is 13.2 Å². The second-order valence-corrected chi connectivity index (χ2v) is 22.3. The molecule has 0 saturated carbocycles. The molecule has 0 radical (unpaired) electrons. The Morgan fingerprint density at radius 3 is 0.735 bits per heavy atom. The van der Waals surface area contributed by atoms with Gasteiger partial charge in [0, 0.05) is 19.3 Å². The van der Waals surface area contributed by atoms with E-state index in [9.17, 15) is 14.4 Å². The van der Waals surface area contributed by atoms with E-state index in [-0.39, 0.29) is 31.1 Å². The zero-order valence-electron chi connectivity index (χ0n) is 53.9. The molecule has 0 fully saturated rings. The fraction of sp³-hybridized carbons (Fsp3) is 0.649. The van der Waals surface area contributed by atoms with Crippen LogP contribution < -0.4 is 0 Å². The van der Waals surface area contributed by atoms with Crippen molar-refractivity contribution in [3.8, 4) is 0 Å². The first kappa shape index (κ1) is 78.3. The van der Waals surface area contributed by atoms with Crippen LogP contribution in [-0.4, -0.2) is 37.2 Å². The first-order valence-electron chi connectivity index (χ1n) is 34.3. The topological polar surface area (TPSA) is 78.9 Å². The number of carbonyl (C=O) groups excluding carboxylic acids is 3. The van der Waals surface area contributed by atoms with E-state index in [4.69, 9.17) is 14.2 Å². The van der Waals surface area contributed by atoms with E-state index in [0.29, 0.717) is 19.3 Å². The minimum Gasteiger partial charge on any atom is -0.462 e. The van der Waals surface area contributed by atoms with Crippen LogP contribution in [0.3, 0.4) is 0 Å². The average Bonchev–Trinajstić information content (AvgIpc) is 3.49. The van der Waals surface area contributed by atoms with E-state index < -0.39 is 6.10 Å². The Kier molecular flexibility index (Phi) is 65.8. The Morgan fingerprint density at radius 1 is 0.253 bits per heavy atom. The van der Waals surface area contributed by atoms with Gasteiger partial charge in [-0.2, -0.15) is 0 Å². The van der Waals surface area contributed by atoms with Crippen molar-refractivity contribution in [3.63, 3.8) is 0 Å². The molecule has 0 bridgehead atoms. The van der Waals surface area contributed by atoms with Gasteiger partial charge in [0.25, 0.3) is 0 Å². The molecule has 1 unspecified atom stereocenters. The van der Waals surface area contributed by atoms with E-state index in [2.05, 4.69) is 167 Å². The van der Waals surface area contributed by atoms with Crippen molar-refractivity contribution in [3.05, 3.63) is 146 Å². The summed E-state index contributed by atoms with van der Waals surface area (Å²) < 4.78 is 17.0. The minimum absolute atomic E-state index is 0.0969. The molecule has 1 atom stereocenters. The number of rotatable bonds is 61. The lowest BCUT2D eigenvalue weighted by molar-refractivity contribution is -0.167. The normalized spacial score (nSPS) is 13.0. The third-order valence-corrected chi connectivity index (χ3v) is 14.3. The van der Waals surface area contributed by atoms with Gasteiger partial charge in [-0.15, -0.1) is 0 Å². The van der Waals surface area contributed by atoms with E-state index in [1.807, 2.05) is 0 Å². The van der Waals surface area contributed by atoms with Crippen molar-refractivity contribution >= 4 is 17.9 Å². The van der Waals surface area contributed by atoms with E-state index >= 15 is 0 Å². The summed E-state index contributed by atoms with van der Waals surface area (Å²) in [6.07, 6.45) is 100.0. The maximum Gasteiger partial charge on any atom is 0.306 e. The average molecular weight is 1150 g/mol. The highest BCUT2D eigenvalue weighted by molar-refractivity contribution is 5.71. The number of allylic oxidation sites excluding steroid dienone is 24. The van der Waals surface area contributed by atoms with Gasteiger partial charge in [0.15, 0.2) is 6.10 Å². The monoisotopic (exact) mass is 1150 g/mol. The summed E-state index contributed by atoms with van der Waals surface area (Å²) in [5.41, 5.74) is 0. The second kappa shape index (κ2) is 69.8. The molecule has 6 nitrogen and oxygen atoms in total. The smallest absolute Gasteiger partial charge is 0.306 e. The molecule has 0 spiro atoms. The molecule has 0 aliphatic rings. The molecule has 6 heteroatoms. The Hall–Kier alpha value is -4.71. The van der Waals surface area contributed by atoms with Gasteiger partial charge in [0.2, 0.25) is 0 Å². The molecule has 0 N–H and O–H groups in total. The summed E-state index contributed by atoms with van der Waals surface area (Å²) in [6, 6.07) is 0. The molecule has 0 aromatic heterocycles. The van der Waals surface area contributed by atoms with Crippen molar-refractivity contribution in [2.45, 2.75) is 309 Å². The van der Waals surface area contributed by atoms with Crippen LogP contribution in [0.5, 0.6) is 0 Å². The fourth-order valence-electron chi connectivity index (χ4n) is 9.23. The molecule has 0 aliphatic carbocycles. The van der Waals surface area contributed by atoms with Crippen molar-refractivity contribution < 1.29 is 28.6 Å². The van der Waals surface area contributed by atoms with Gasteiger partial charge in [-0.25, -0.2) is 0 Å². The Bertz CT molecular complexity index is 1800. The van der Waals surface area contributed by atoms with Crippen LogP contribution in [0, 0.1) is 0 Å². The first-order valence-corrected chi connectivity index (χ1v) is 34.3. The molecule has 470 valence electrons. The van der Waals surface area contributed by atoms with Crippen molar-refractivity contribution in [1.29, 1.82) is 0 Å². The molecule has 83 heavy (non-hydrogen) atoms. The lowest BCUT2D eigenvalue weighted by atomic mass is 10.1. The van der Waals surface area contributed by atoms with Crippen LogP contribution in [-0.2, 0) is 28.6 Å². The van der Waals surface area contributed by atoms with E-state index in [0.717, 1.165) is 154 Å². The molecular weight excluding hydrogens is 1020 g/mol. The number of esters is 3. The van der Waals surface area contributed by atoms with E-state index in [1.54, 1.807) is 0 Å². The molecule has 0 aromatic carbocycles. The van der Waals surface area contributed by atoms with Crippen molar-refractivity contribution in [2.24, 2.45) is 0 Å². The summed E-state index contributed by atoms with van der Waals surface area (Å²) in [7, 11) is 0. The van der Waals surface area contributed by atoms with Gasteiger partial charge in [-0.3, -0.25) is 14.4 Å². The predicted molar refractivity (Wildman–Crippen MR) is 362 cm³/mol. The van der Waals surface area contributed by atoms with Crippen LogP contribution in [0.2, 0.25) is 0 Å². The largest absolute Gasteiger partial charge is 0.462 e. The number of ether oxygens (including phenoxy) is 3. The van der Waals surface area contributed by atoms with Crippen LogP contribution >= 0.6 is 0 Å². The molecule has 0 heterocycles. The first-order chi connectivity index (χ1) is 41.0.